The van der Waals surface area contributed by atoms with Gasteiger partial charge in [0, 0.05) is 6.04 Å². The van der Waals surface area contributed by atoms with Crippen LogP contribution in [0.4, 0.5) is 0 Å². The number of carbonyl (C=O) groups excluding carboxylic acids is 1. The van der Waals surface area contributed by atoms with Crippen molar-refractivity contribution in [3.05, 3.63) is 35.9 Å². The number of aliphatic hydroxyl groups is 1. The second kappa shape index (κ2) is 7.44. The normalized spacial score (nSPS) is 24.1. The Balaban J connectivity index is 1.80. The second-order valence-corrected chi connectivity index (χ2v) is 5.84. The van der Waals surface area contributed by atoms with Crippen LogP contribution in [-0.2, 0) is 4.79 Å². The molecule has 1 saturated carbocycles. The minimum Gasteiger partial charge on any atom is -0.388 e. The van der Waals surface area contributed by atoms with Gasteiger partial charge < -0.3 is 10.4 Å². The maximum absolute atomic E-state index is 12.0. The lowest BCUT2D eigenvalue weighted by molar-refractivity contribution is -0.124. The van der Waals surface area contributed by atoms with Crippen molar-refractivity contribution >= 4 is 5.91 Å². The SMILES string of the molecule is CCC1CCCC(NC(=O)CC(O)c2ccccc2)C1. The third-order valence-electron chi connectivity index (χ3n) is 4.29. The zero-order valence-corrected chi connectivity index (χ0v) is 12.2. The molecule has 2 rings (SSSR count). The predicted molar refractivity (Wildman–Crippen MR) is 80.2 cm³/mol. The summed E-state index contributed by atoms with van der Waals surface area (Å²) in [7, 11) is 0. The second-order valence-electron chi connectivity index (χ2n) is 5.84. The highest BCUT2D eigenvalue weighted by Gasteiger charge is 2.23. The van der Waals surface area contributed by atoms with Crippen molar-refractivity contribution in [2.45, 2.75) is 57.6 Å². The topological polar surface area (TPSA) is 49.3 Å². The summed E-state index contributed by atoms with van der Waals surface area (Å²) >= 11 is 0. The van der Waals surface area contributed by atoms with Crippen molar-refractivity contribution in [3.8, 4) is 0 Å². The summed E-state index contributed by atoms with van der Waals surface area (Å²) in [6.07, 6.45) is 5.28. The minimum atomic E-state index is -0.707. The van der Waals surface area contributed by atoms with Gasteiger partial charge in [0.15, 0.2) is 0 Å². The summed E-state index contributed by atoms with van der Waals surface area (Å²) in [6, 6.07) is 9.66. The fraction of sp³-hybridized carbons (Fsp3) is 0.588. The third kappa shape index (κ3) is 4.34. The Morgan fingerprint density at radius 2 is 2.10 bits per heavy atom. The molecule has 110 valence electrons. The van der Waals surface area contributed by atoms with E-state index in [0.29, 0.717) is 6.04 Å². The molecule has 1 amide bonds. The number of hydrogen-bond acceptors (Lipinski definition) is 2. The van der Waals surface area contributed by atoms with E-state index in [2.05, 4.69) is 12.2 Å². The molecule has 3 atom stereocenters. The van der Waals surface area contributed by atoms with Crippen LogP contribution < -0.4 is 5.32 Å². The van der Waals surface area contributed by atoms with Crippen LogP contribution >= 0.6 is 0 Å². The standard InChI is InChI=1S/C17H25NO2/c1-2-13-7-6-10-15(11-13)18-17(20)12-16(19)14-8-4-3-5-9-14/h3-5,8-9,13,15-16,19H,2,6-7,10-12H2,1H3,(H,18,20). The molecule has 0 bridgehead atoms. The molecule has 0 heterocycles. The first kappa shape index (κ1) is 15.0. The first-order valence-corrected chi connectivity index (χ1v) is 7.71. The minimum absolute atomic E-state index is 0.0388. The van der Waals surface area contributed by atoms with Crippen LogP contribution in [0.3, 0.4) is 0 Å². The van der Waals surface area contributed by atoms with E-state index in [1.807, 2.05) is 30.3 Å². The highest BCUT2D eigenvalue weighted by molar-refractivity contribution is 5.77. The van der Waals surface area contributed by atoms with Gasteiger partial charge in [-0.05, 0) is 24.3 Å². The summed E-state index contributed by atoms with van der Waals surface area (Å²) in [6.45, 7) is 2.22. The van der Waals surface area contributed by atoms with E-state index < -0.39 is 6.10 Å². The van der Waals surface area contributed by atoms with E-state index >= 15 is 0 Å². The summed E-state index contributed by atoms with van der Waals surface area (Å²) < 4.78 is 0. The Kier molecular flexibility index (Phi) is 5.60. The Labute approximate surface area is 121 Å². The third-order valence-corrected chi connectivity index (χ3v) is 4.29. The largest absolute Gasteiger partial charge is 0.388 e. The van der Waals surface area contributed by atoms with Gasteiger partial charge in [-0.15, -0.1) is 0 Å². The molecule has 1 fully saturated rings. The van der Waals surface area contributed by atoms with Gasteiger partial charge in [-0.3, -0.25) is 4.79 Å². The first-order valence-electron chi connectivity index (χ1n) is 7.71. The summed E-state index contributed by atoms with van der Waals surface area (Å²) in [4.78, 5) is 12.0. The molecule has 3 heteroatoms. The van der Waals surface area contributed by atoms with Gasteiger partial charge in [0.2, 0.25) is 5.91 Å². The van der Waals surface area contributed by atoms with Crippen molar-refractivity contribution in [1.82, 2.24) is 5.32 Å². The lowest BCUT2D eigenvalue weighted by Crippen LogP contribution is -2.38. The van der Waals surface area contributed by atoms with Crippen molar-refractivity contribution in [1.29, 1.82) is 0 Å². The highest BCUT2D eigenvalue weighted by Crippen LogP contribution is 2.26. The number of aliphatic hydroxyl groups excluding tert-OH is 1. The zero-order chi connectivity index (χ0) is 14.4. The van der Waals surface area contributed by atoms with E-state index in [0.717, 1.165) is 24.3 Å². The molecule has 1 aromatic carbocycles. The predicted octanol–water partition coefficient (Wildman–Crippen LogP) is 3.20. The number of hydrogen-bond donors (Lipinski definition) is 2. The first-order chi connectivity index (χ1) is 9.69. The van der Waals surface area contributed by atoms with Gasteiger partial charge in [-0.2, -0.15) is 0 Å². The molecular formula is C17H25NO2. The van der Waals surface area contributed by atoms with Crippen molar-refractivity contribution in [3.63, 3.8) is 0 Å². The van der Waals surface area contributed by atoms with Crippen molar-refractivity contribution in [2.75, 3.05) is 0 Å². The Hall–Kier alpha value is -1.35. The van der Waals surface area contributed by atoms with Gasteiger partial charge in [0.25, 0.3) is 0 Å². The van der Waals surface area contributed by atoms with Gasteiger partial charge in [-0.25, -0.2) is 0 Å². The van der Waals surface area contributed by atoms with Crippen molar-refractivity contribution < 1.29 is 9.90 Å². The van der Waals surface area contributed by atoms with Gasteiger partial charge in [-0.1, -0.05) is 56.5 Å². The maximum Gasteiger partial charge on any atom is 0.223 e. The smallest absolute Gasteiger partial charge is 0.223 e. The fourth-order valence-corrected chi connectivity index (χ4v) is 3.05. The molecule has 0 saturated heterocycles. The molecule has 2 N–H and O–H groups in total. The van der Waals surface area contributed by atoms with E-state index in [1.165, 1.54) is 19.3 Å². The summed E-state index contributed by atoms with van der Waals surface area (Å²) in [5.41, 5.74) is 0.803. The monoisotopic (exact) mass is 275 g/mol. The van der Waals surface area contributed by atoms with E-state index in [9.17, 15) is 9.90 Å². The lowest BCUT2D eigenvalue weighted by atomic mass is 9.84. The van der Waals surface area contributed by atoms with Crippen LogP contribution in [0.5, 0.6) is 0 Å². The Morgan fingerprint density at radius 3 is 2.80 bits per heavy atom. The number of amides is 1. The molecule has 3 unspecified atom stereocenters. The lowest BCUT2D eigenvalue weighted by Gasteiger charge is -2.29. The molecule has 20 heavy (non-hydrogen) atoms. The average Bonchev–Trinajstić information content (AvgIpc) is 2.48. The van der Waals surface area contributed by atoms with Crippen LogP contribution in [0.2, 0.25) is 0 Å². The van der Waals surface area contributed by atoms with Crippen LogP contribution in [0.15, 0.2) is 30.3 Å². The van der Waals surface area contributed by atoms with E-state index in [1.54, 1.807) is 0 Å². The zero-order valence-electron chi connectivity index (χ0n) is 12.2. The van der Waals surface area contributed by atoms with Gasteiger partial charge >= 0.3 is 0 Å². The Bertz CT molecular complexity index is 418. The molecule has 0 radical (unpaired) electrons. The average molecular weight is 275 g/mol. The quantitative estimate of drug-likeness (QED) is 0.867. The van der Waals surface area contributed by atoms with E-state index in [4.69, 9.17) is 0 Å². The summed E-state index contributed by atoms with van der Waals surface area (Å²) in [5.74, 6) is 0.705. The fourth-order valence-electron chi connectivity index (χ4n) is 3.05. The van der Waals surface area contributed by atoms with Crippen LogP contribution in [-0.4, -0.2) is 17.1 Å². The molecule has 1 aromatic rings. The maximum atomic E-state index is 12.0. The molecule has 1 aliphatic rings. The van der Waals surface area contributed by atoms with Gasteiger partial charge in [0.05, 0.1) is 12.5 Å². The summed E-state index contributed by atoms with van der Waals surface area (Å²) in [5, 5.41) is 13.1. The number of rotatable bonds is 5. The molecule has 0 aromatic heterocycles. The van der Waals surface area contributed by atoms with Crippen molar-refractivity contribution in [2.24, 2.45) is 5.92 Å². The molecule has 3 nitrogen and oxygen atoms in total. The van der Waals surface area contributed by atoms with Crippen LogP contribution in [0.25, 0.3) is 0 Å². The Morgan fingerprint density at radius 1 is 1.35 bits per heavy atom. The molecular weight excluding hydrogens is 250 g/mol. The van der Waals surface area contributed by atoms with Crippen LogP contribution in [0.1, 0.15) is 57.1 Å². The highest BCUT2D eigenvalue weighted by atomic mass is 16.3. The number of carbonyl (C=O) groups is 1. The van der Waals surface area contributed by atoms with E-state index in [-0.39, 0.29) is 12.3 Å². The molecule has 1 aliphatic carbocycles. The number of benzene rings is 1. The number of nitrogens with one attached hydrogen (secondary N) is 1. The molecule has 0 spiro atoms. The molecule has 0 aliphatic heterocycles. The van der Waals surface area contributed by atoms with Gasteiger partial charge in [0.1, 0.15) is 0 Å². The van der Waals surface area contributed by atoms with Crippen LogP contribution in [0, 0.1) is 5.92 Å².